The minimum Gasteiger partial charge on any atom is -0.340 e. The molecule has 1 heterocycles. The first-order valence-electron chi connectivity index (χ1n) is 7.79. The molecule has 0 radical (unpaired) electrons. The second kappa shape index (κ2) is 7.25. The van der Waals surface area contributed by atoms with E-state index in [4.69, 9.17) is 5.26 Å². The van der Waals surface area contributed by atoms with Crippen LogP contribution in [0.25, 0.3) is 0 Å². The summed E-state index contributed by atoms with van der Waals surface area (Å²) < 4.78 is 27.2. The van der Waals surface area contributed by atoms with Crippen molar-refractivity contribution in [3.63, 3.8) is 0 Å². The summed E-state index contributed by atoms with van der Waals surface area (Å²) in [4.78, 5) is 4.40. The molecule has 0 saturated carbocycles. The molecular weight excluding hydrogens is 348 g/mol. The lowest BCUT2D eigenvalue weighted by Gasteiger charge is -2.10. The largest absolute Gasteiger partial charge is 0.340 e. The van der Waals surface area contributed by atoms with Crippen LogP contribution in [0.4, 0.5) is 17.2 Å². The predicted molar refractivity (Wildman–Crippen MR) is 101 cm³/mol. The van der Waals surface area contributed by atoms with Gasteiger partial charge in [-0.2, -0.15) is 5.26 Å². The molecule has 0 amide bonds. The Morgan fingerprint density at radius 1 is 0.923 bits per heavy atom. The third-order valence-electron chi connectivity index (χ3n) is 3.63. The highest BCUT2D eigenvalue weighted by molar-refractivity contribution is 7.92. The number of aromatic nitrogens is 1. The van der Waals surface area contributed by atoms with E-state index in [9.17, 15) is 8.42 Å². The topological polar surface area (TPSA) is 94.9 Å². The number of benzene rings is 2. The summed E-state index contributed by atoms with van der Waals surface area (Å²) in [6.45, 7) is 1.90. The highest BCUT2D eigenvalue weighted by Gasteiger charge is 2.13. The molecule has 0 bridgehead atoms. The number of rotatable bonds is 5. The van der Waals surface area contributed by atoms with Gasteiger partial charge in [-0.1, -0.05) is 17.7 Å². The summed E-state index contributed by atoms with van der Waals surface area (Å²) in [5, 5.41) is 11.9. The lowest BCUT2D eigenvalue weighted by molar-refractivity contribution is 0.601. The molecule has 0 aliphatic rings. The maximum Gasteiger partial charge on any atom is 0.261 e. The SMILES string of the molecule is Cc1ccc(S(=O)(=O)Nc2ccc(Nc3ccc(C#N)cc3)nc2)cc1. The van der Waals surface area contributed by atoms with Crippen LogP contribution in [0.15, 0.2) is 71.8 Å². The van der Waals surface area contributed by atoms with Gasteiger partial charge in [0.15, 0.2) is 0 Å². The first kappa shape index (κ1) is 17.5. The van der Waals surface area contributed by atoms with Gasteiger partial charge in [0, 0.05) is 5.69 Å². The molecule has 6 nitrogen and oxygen atoms in total. The smallest absolute Gasteiger partial charge is 0.261 e. The van der Waals surface area contributed by atoms with Gasteiger partial charge in [-0.15, -0.1) is 0 Å². The molecule has 2 aromatic carbocycles. The summed E-state index contributed by atoms with van der Waals surface area (Å²) in [7, 11) is -3.65. The lowest BCUT2D eigenvalue weighted by Crippen LogP contribution is -2.13. The number of nitrogens with zero attached hydrogens (tertiary/aromatic N) is 2. The molecule has 0 atom stereocenters. The van der Waals surface area contributed by atoms with Crippen molar-refractivity contribution in [2.24, 2.45) is 0 Å². The molecule has 2 N–H and O–H groups in total. The fourth-order valence-electron chi connectivity index (χ4n) is 2.24. The van der Waals surface area contributed by atoms with Gasteiger partial charge in [0.05, 0.1) is 28.4 Å². The van der Waals surface area contributed by atoms with E-state index in [0.717, 1.165) is 11.3 Å². The van der Waals surface area contributed by atoms with Gasteiger partial charge >= 0.3 is 0 Å². The molecule has 0 saturated heterocycles. The van der Waals surface area contributed by atoms with Gasteiger partial charge in [-0.25, -0.2) is 13.4 Å². The molecular formula is C19H16N4O2S. The molecule has 0 unspecified atom stereocenters. The number of sulfonamides is 1. The number of pyridine rings is 1. The summed E-state index contributed by atoms with van der Waals surface area (Å²) in [5.74, 6) is 0.563. The number of aryl methyl sites for hydroxylation is 1. The first-order valence-corrected chi connectivity index (χ1v) is 9.27. The Balaban J connectivity index is 1.71. The van der Waals surface area contributed by atoms with Crippen molar-refractivity contribution in [1.29, 1.82) is 5.26 Å². The van der Waals surface area contributed by atoms with Gasteiger partial charge in [0.25, 0.3) is 10.0 Å². The van der Waals surface area contributed by atoms with Crippen molar-refractivity contribution in [1.82, 2.24) is 4.98 Å². The minimum absolute atomic E-state index is 0.197. The molecule has 3 rings (SSSR count). The number of nitriles is 1. The van der Waals surface area contributed by atoms with Crippen molar-refractivity contribution < 1.29 is 8.42 Å². The molecule has 130 valence electrons. The Kier molecular flexibility index (Phi) is 4.87. The van der Waals surface area contributed by atoms with Crippen LogP contribution < -0.4 is 10.0 Å². The lowest BCUT2D eigenvalue weighted by atomic mass is 10.2. The molecule has 3 aromatic rings. The Labute approximate surface area is 152 Å². The van der Waals surface area contributed by atoms with E-state index in [-0.39, 0.29) is 4.90 Å². The Bertz CT molecular complexity index is 1040. The van der Waals surface area contributed by atoms with E-state index in [0.29, 0.717) is 17.1 Å². The maximum absolute atomic E-state index is 12.4. The number of hydrogen-bond donors (Lipinski definition) is 2. The third-order valence-corrected chi connectivity index (χ3v) is 5.03. The second-order valence-electron chi connectivity index (χ2n) is 5.66. The average Bonchev–Trinajstić information content (AvgIpc) is 2.64. The van der Waals surface area contributed by atoms with Gasteiger partial charge in [0.2, 0.25) is 0 Å². The van der Waals surface area contributed by atoms with Crippen molar-refractivity contribution >= 4 is 27.2 Å². The van der Waals surface area contributed by atoms with E-state index in [1.54, 1.807) is 60.7 Å². The minimum atomic E-state index is -3.65. The molecule has 0 spiro atoms. The fourth-order valence-corrected chi connectivity index (χ4v) is 3.28. The van der Waals surface area contributed by atoms with Crippen LogP contribution in [0.3, 0.4) is 0 Å². The van der Waals surface area contributed by atoms with Crippen LogP contribution in [-0.4, -0.2) is 13.4 Å². The van der Waals surface area contributed by atoms with Crippen molar-refractivity contribution in [3.05, 3.63) is 78.0 Å². The third kappa shape index (κ3) is 4.18. The Morgan fingerprint density at radius 3 is 2.15 bits per heavy atom. The Morgan fingerprint density at radius 2 is 1.58 bits per heavy atom. The highest BCUT2D eigenvalue weighted by atomic mass is 32.2. The average molecular weight is 364 g/mol. The maximum atomic E-state index is 12.4. The summed E-state index contributed by atoms with van der Waals surface area (Å²) >= 11 is 0. The van der Waals surface area contributed by atoms with Gasteiger partial charge < -0.3 is 5.32 Å². The van der Waals surface area contributed by atoms with Crippen molar-refractivity contribution in [3.8, 4) is 6.07 Å². The van der Waals surface area contributed by atoms with Gasteiger partial charge in [-0.05, 0) is 55.5 Å². The number of anilines is 3. The first-order chi connectivity index (χ1) is 12.5. The second-order valence-corrected chi connectivity index (χ2v) is 7.35. The van der Waals surface area contributed by atoms with Crippen LogP contribution in [-0.2, 0) is 10.0 Å². The highest BCUT2D eigenvalue weighted by Crippen LogP contribution is 2.19. The van der Waals surface area contributed by atoms with Crippen LogP contribution >= 0.6 is 0 Å². The van der Waals surface area contributed by atoms with E-state index in [2.05, 4.69) is 21.1 Å². The summed E-state index contributed by atoms with van der Waals surface area (Å²) in [6, 6.07) is 18.9. The monoisotopic (exact) mass is 364 g/mol. The number of hydrogen-bond acceptors (Lipinski definition) is 5. The summed E-state index contributed by atoms with van der Waals surface area (Å²) in [5.41, 5.74) is 2.72. The van der Waals surface area contributed by atoms with E-state index < -0.39 is 10.0 Å². The molecule has 0 aliphatic carbocycles. The zero-order valence-electron chi connectivity index (χ0n) is 14.0. The molecule has 7 heteroatoms. The van der Waals surface area contributed by atoms with Crippen LogP contribution in [0.5, 0.6) is 0 Å². The van der Waals surface area contributed by atoms with Crippen molar-refractivity contribution in [2.75, 3.05) is 10.0 Å². The van der Waals surface area contributed by atoms with Gasteiger partial charge in [0.1, 0.15) is 5.82 Å². The summed E-state index contributed by atoms with van der Waals surface area (Å²) in [6.07, 6.45) is 1.44. The zero-order chi connectivity index (χ0) is 18.6. The molecule has 0 aliphatic heterocycles. The van der Waals surface area contributed by atoms with E-state index >= 15 is 0 Å². The normalized spacial score (nSPS) is 10.8. The number of nitrogens with one attached hydrogen (secondary N) is 2. The van der Waals surface area contributed by atoms with Crippen molar-refractivity contribution in [2.45, 2.75) is 11.8 Å². The van der Waals surface area contributed by atoms with E-state index in [1.165, 1.54) is 6.20 Å². The quantitative estimate of drug-likeness (QED) is 0.718. The molecule has 1 aromatic heterocycles. The van der Waals surface area contributed by atoms with Crippen LogP contribution in [0.1, 0.15) is 11.1 Å². The standard InChI is InChI=1S/C19H16N4O2S/c1-14-2-9-18(10-3-14)26(24,25)23-17-8-11-19(21-13-17)22-16-6-4-15(12-20)5-7-16/h2-11,13,23H,1H3,(H,21,22). The van der Waals surface area contributed by atoms with E-state index in [1.807, 2.05) is 6.92 Å². The zero-order valence-corrected chi connectivity index (χ0v) is 14.8. The van der Waals surface area contributed by atoms with Crippen LogP contribution in [0, 0.1) is 18.3 Å². The Hall–Kier alpha value is -3.37. The fraction of sp³-hybridized carbons (Fsp3) is 0.0526. The molecule has 26 heavy (non-hydrogen) atoms. The van der Waals surface area contributed by atoms with Crippen LogP contribution in [0.2, 0.25) is 0 Å². The predicted octanol–water partition coefficient (Wildman–Crippen LogP) is 3.81. The van der Waals surface area contributed by atoms with Gasteiger partial charge in [-0.3, -0.25) is 4.72 Å². The molecule has 0 fully saturated rings.